The molecule has 1 heterocycles. The summed E-state index contributed by atoms with van der Waals surface area (Å²) in [6.45, 7) is 5.18. The summed E-state index contributed by atoms with van der Waals surface area (Å²) < 4.78 is 0. The largest absolute Gasteiger partial charge is 0.274 e. The van der Waals surface area contributed by atoms with Crippen LogP contribution in [0.15, 0.2) is 11.6 Å². The third-order valence-corrected chi connectivity index (χ3v) is 2.35. The quantitative estimate of drug-likeness (QED) is 0.643. The van der Waals surface area contributed by atoms with Crippen LogP contribution in [-0.2, 0) is 14.4 Å². The molecule has 0 atom stereocenters. The van der Waals surface area contributed by atoms with Gasteiger partial charge in [-0.05, 0) is 6.42 Å². The van der Waals surface area contributed by atoms with E-state index in [9.17, 15) is 14.4 Å². The minimum atomic E-state index is -0.451. The standard InChI is InChI=1S/C11H15NO3/c1-4-8-5-6-9(13)12(11(8)15)10(14)7(2)3/h5,7H,4,6H2,1-3H3. The zero-order valence-corrected chi connectivity index (χ0v) is 9.24. The molecule has 0 bridgehead atoms. The van der Waals surface area contributed by atoms with Crippen molar-refractivity contribution in [3.63, 3.8) is 0 Å². The van der Waals surface area contributed by atoms with Crippen molar-refractivity contribution in [1.29, 1.82) is 0 Å². The van der Waals surface area contributed by atoms with E-state index in [0.717, 1.165) is 4.90 Å². The number of hydrogen-bond donors (Lipinski definition) is 0. The monoisotopic (exact) mass is 209 g/mol. The molecule has 4 nitrogen and oxygen atoms in total. The lowest BCUT2D eigenvalue weighted by atomic mass is 10.0. The molecule has 0 saturated heterocycles. The molecule has 0 saturated carbocycles. The summed E-state index contributed by atoms with van der Waals surface area (Å²) in [5, 5.41) is 0. The Balaban J connectivity index is 2.99. The Hall–Kier alpha value is -1.45. The Morgan fingerprint density at radius 1 is 1.47 bits per heavy atom. The molecule has 0 radical (unpaired) electrons. The van der Waals surface area contributed by atoms with Crippen LogP contribution in [0, 0.1) is 5.92 Å². The molecule has 0 aromatic heterocycles. The van der Waals surface area contributed by atoms with Crippen LogP contribution in [0.1, 0.15) is 33.6 Å². The van der Waals surface area contributed by atoms with Crippen LogP contribution in [0.3, 0.4) is 0 Å². The van der Waals surface area contributed by atoms with Crippen LogP contribution in [0.2, 0.25) is 0 Å². The highest BCUT2D eigenvalue weighted by molar-refractivity contribution is 6.18. The van der Waals surface area contributed by atoms with Gasteiger partial charge in [0.05, 0.1) is 0 Å². The minimum absolute atomic E-state index is 0.146. The highest BCUT2D eigenvalue weighted by Gasteiger charge is 2.33. The van der Waals surface area contributed by atoms with Gasteiger partial charge in [0.25, 0.3) is 5.91 Å². The van der Waals surface area contributed by atoms with Crippen LogP contribution in [0.25, 0.3) is 0 Å². The lowest BCUT2D eigenvalue weighted by Crippen LogP contribution is -2.46. The normalized spacial score (nSPS) is 17.1. The fourth-order valence-corrected chi connectivity index (χ4v) is 1.42. The van der Waals surface area contributed by atoms with E-state index in [1.807, 2.05) is 6.92 Å². The van der Waals surface area contributed by atoms with E-state index in [0.29, 0.717) is 12.0 Å². The lowest BCUT2D eigenvalue weighted by Gasteiger charge is -2.24. The van der Waals surface area contributed by atoms with Crippen LogP contribution < -0.4 is 0 Å². The number of carbonyl (C=O) groups is 3. The van der Waals surface area contributed by atoms with Gasteiger partial charge in [0.1, 0.15) is 0 Å². The molecule has 4 heteroatoms. The summed E-state index contributed by atoms with van der Waals surface area (Å²) in [4.78, 5) is 35.6. The molecule has 1 aliphatic rings. The molecule has 82 valence electrons. The number of imide groups is 3. The van der Waals surface area contributed by atoms with Crippen molar-refractivity contribution in [1.82, 2.24) is 4.90 Å². The Morgan fingerprint density at radius 2 is 2.07 bits per heavy atom. The Labute approximate surface area is 88.9 Å². The fraction of sp³-hybridized carbons (Fsp3) is 0.545. The van der Waals surface area contributed by atoms with Gasteiger partial charge in [0.2, 0.25) is 11.8 Å². The van der Waals surface area contributed by atoms with Crippen molar-refractivity contribution in [3.8, 4) is 0 Å². The Morgan fingerprint density at radius 3 is 2.53 bits per heavy atom. The molecule has 1 rings (SSSR count). The van der Waals surface area contributed by atoms with E-state index < -0.39 is 17.7 Å². The van der Waals surface area contributed by atoms with Gasteiger partial charge >= 0.3 is 0 Å². The summed E-state index contributed by atoms with van der Waals surface area (Å²) in [6.07, 6.45) is 2.30. The Kier molecular flexibility index (Phi) is 3.39. The van der Waals surface area contributed by atoms with Crippen molar-refractivity contribution in [2.45, 2.75) is 33.6 Å². The molecule has 0 N–H and O–H groups in total. The van der Waals surface area contributed by atoms with Gasteiger partial charge in [-0.3, -0.25) is 14.4 Å². The topological polar surface area (TPSA) is 54.5 Å². The average Bonchev–Trinajstić information content (AvgIpc) is 2.17. The number of rotatable bonds is 2. The molecule has 0 unspecified atom stereocenters. The first-order valence-electron chi connectivity index (χ1n) is 5.09. The Bertz CT molecular complexity index is 342. The lowest BCUT2D eigenvalue weighted by molar-refractivity contribution is -0.154. The fourth-order valence-electron chi connectivity index (χ4n) is 1.42. The van der Waals surface area contributed by atoms with Crippen molar-refractivity contribution >= 4 is 17.7 Å². The van der Waals surface area contributed by atoms with Gasteiger partial charge in [-0.15, -0.1) is 0 Å². The van der Waals surface area contributed by atoms with Gasteiger partial charge in [-0.2, -0.15) is 0 Å². The number of hydrogen-bond acceptors (Lipinski definition) is 3. The van der Waals surface area contributed by atoms with Crippen LogP contribution in [-0.4, -0.2) is 22.6 Å². The predicted molar refractivity (Wildman–Crippen MR) is 54.7 cm³/mol. The molecule has 0 spiro atoms. The first kappa shape index (κ1) is 11.6. The van der Waals surface area contributed by atoms with E-state index in [4.69, 9.17) is 0 Å². The van der Waals surface area contributed by atoms with Crippen molar-refractivity contribution in [2.75, 3.05) is 0 Å². The molecule has 0 fully saturated rings. The third kappa shape index (κ3) is 2.14. The molecule has 0 aromatic carbocycles. The van der Waals surface area contributed by atoms with Crippen molar-refractivity contribution in [3.05, 3.63) is 11.6 Å². The second kappa shape index (κ2) is 4.38. The maximum atomic E-state index is 11.7. The van der Waals surface area contributed by atoms with Crippen molar-refractivity contribution in [2.24, 2.45) is 5.92 Å². The summed E-state index contributed by atoms with van der Waals surface area (Å²) >= 11 is 0. The van der Waals surface area contributed by atoms with Crippen LogP contribution >= 0.6 is 0 Å². The number of carbonyl (C=O) groups excluding carboxylic acids is 3. The average molecular weight is 209 g/mol. The van der Waals surface area contributed by atoms with Crippen LogP contribution in [0.5, 0.6) is 0 Å². The minimum Gasteiger partial charge on any atom is -0.274 e. The number of amides is 3. The van der Waals surface area contributed by atoms with E-state index in [1.165, 1.54) is 0 Å². The van der Waals surface area contributed by atoms with Gasteiger partial charge in [0.15, 0.2) is 0 Å². The molecular weight excluding hydrogens is 194 g/mol. The highest BCUT2D eigenvalue weighted by atomic mass is 16.2. The zero-order chi connectivity index (χ0) is 11.6. The highest BCUT2D eigenvalue weighted by Crippen LogP contribution is 2.17. The van der Waals surface area contributed by atoms with Gasteiger partial charge < -0.3 is 0 Å². The molecule has 3 amide bonds. The molecule has 0 aliphatic carbocycles. The second-order valence-corrected chi connectivity index (χ2v) is 3.81. The van der Waals surface area contributed by atoms with Gasteiger partial charge in [0, 0.05) is 17.9 Å². The van der Waals surface area contributed by atoms with Gasteiger partial charge in [-0.25, -0.2) is 4.90 Å². The van der Waals surface area contributed by atoms with E-state index in [-0.39, 0.29) is 12.3 Å². The third-order valence-electron chi connectivity index (χ3n) is 2.35. The SMILES string of the molecule is CCC1=CCC(=O)N(C(=O)C(C)C)C1=O. The van der Waals surface area contributed by atoms with Crippen LogP contribution in [0.4, 0.5) is 0 Å². The van der Waals surface area contributed by atoms with E-state index in [1.54, 1.807) is 19.9 Å². The molecule has 15 heavy (non-hydrogen) atoms. The summed E-state index contributed by atoms with van der Waals surface area (Å²) in [6, 6.07) is 0. The first-order chi connectivity index (χ1) is 6.99. The zero-order valence-electron chi connectivity index (χ0n) is 9.24. The predicted octanol–water partition coefficient (Wildman–Crippen LogP) is 1.26. The smallest absolute Gasteiger partial charge is 0.262 e. The van der Waals surface area contributed by atoms with Crippen molar-refractivity contribution < 1.29 is 14.4 Å². The maximum Gasteiger partial charge on any atom is 0.262 e. The summed E-state index contributed by atoms with van der Waals surface area (Å²) in [5.74, 6) is -1.62. The van der Waals surface area contributed by atoms with E-state index in [2.05, 4.69) is 0 Å². The molecular formula is C11H15NO3. The second-order valence-electron chi connectivity index (χ2n) is 3.81. The molecule has 1 aliphatic heterocycles. The number of nitrogens with zero attached hydrogens (tertiary/aromatic N) is 1. The van der Waals surface area contributed by atoms with E-state index >= 15 is 0 Å². The maximum absolute atomic E-state index is 11.7. The first-order valence-corrected chi connectivity index (χ1v) is 5.09. The molecule has 0 aromatic rings. The van der Waals surface area contributed by atoms with Gasteiger partial charge in [-0.1, -0.05) is 26.8 Å². The summed E-state index contributed by atoms with van der Waals surface area (Å²) in [7, 11) is 0. The summed E-state index contributed by atoms with van der Waals surface area (Å²) in [5.41, 5.74) is 0.545.